The lowest BCUT2D eigenvalue weighted by Gasteiger charge is -2.15. The molecule has 1 amide bonds. The largest absolute Gasteiger partial charge is 0.479 e. The first-order valence-electron chi connectivity index (χ1n) is 9.36. The normalized spacial score (nSPS) is 11.0. The number of aryl methyl sites for hydroxylation is 3. The second-order valence-electron chi connectivity index (χ2n) is 7.24. The van der Waals surface area contributed by atoms with Gasteiger partial charge in [0, 0.05) is 38.9 Å². The van der Waals surface area contributed by atoms with Crippen molar-refractivity contribution in [1.82, 2.24) is 14.8 Å². The number of rotatable bonds is 6. The van der Waals surface area contributed by atoms with E-state index in [9.17, 15) is 4.79 Å². The van der Waals surface area contributed by atoms with E-state index in [-0.39, 0.29) is 5.91 Å². The predicted molar refractivity (Wildman–Crippen MR) is 117 cm³/mol. The van der Waals surface area contributed by atoms with Gasteiger partial charge in [0.2, 0.25) is 11.8 Å². The van der Waals surface area contributed by atoms with E-state index in [2.05, 4.69) is 15.4 Å². The van der Waals surface area contributed by atoms with Crippen molar-refractivity contribution >= 4 is 39.9 Å². The maximum atomic E-state index is 12.5. The third kappa shape index (κ3) is 4.15. The van der Waals surface area contributed by atoms with Gasteiger partial charge in [-0.15, -0.1) is 5.10 Å². The number of nitrogens with zero attached hydrogens (tertiary/aromatic N) is 4. The minimum atomic E-state index is -0.0734. The molecule has 1 aromatic carbocycles. The van der Waals surface area contributed by atoms with E-state index in [0.29, 0.717) is 29.4 Å². The summed E-state index contributed by atoms with van der Waals surface area (Å²) < 4.78 is 7.11. The third-order valence-electron chi connectivity index (χ3n) is 5.03. The van der Waals surface area contributed by atoms with Crippen molar-refractivity contribution in [3.63, 3.8) is 0 Å². The van der Waals surface area contributed by atoms with Gasteiger partial charge >= 0.3 is 0 Å². The summed E-state index contributed by atoms with van der Waals surface area (Å²) >= 11 is 6.29. The molecule has 7 nitrogen and oxygen atoms in total. The molecule has 0 fully saturated rings. The van der Waals surface area contributed by atoms with Crippen molar-refractivity contribution in [2.24, 2.45) is 7.05 Å². The first-order chi connectivity index (χ1) is 13.7. The van der Waals surface area contributed by atoms with Crippen molar-refractivity contribution in [3.8, 4) is 5.88 Å². The summed E-state index contributed by atoms with van der Waals surface area (Å²) in [4.78, 5) is 19.1. The van der Waals surface area contributed by atoms with Crippen LogP contribution in [-0.4, -0.2) is 41.9 Å². The van der Waals surface area contributed by atoms with Crippen LogP contribution in [0.5, 0.6) is 5.88 Å². The summed E-state index contributed by atoms with van der Waals surface area (Å²) in [7, 11) is 7.29. The lowest BCUT2D eigenvalue weighted by molar-refractivity contribution is -0.116. The number of ether oxygens (including phenoxy) is 1. The summed E-state index contributed by atoms with van der Waals surface area (Å²) in [6, 6.07) is 5.50. The topological polar surface area (TPSA) is 72.3 Å². The zero-order chi connectivity index (χ0) is 21.3. The zero-order valence-corrected chi connectivity index (χ0v) is 18.4. The maximum absolute atomic E-state index is 12.5. The molecule has 0 atom stereocenters. The standard InChI is InChI=1S/C21H26ClN5O2/c1-12-15(13(2)23-20-19(12)21(29-6)25-27(20)5)8-10-18(28)24-14-7-9-17(26(3)4)16(22)11-14/h7,9,11H,8,10H2,1-6H3,(H,24,28). The van der Waals surface area contributed by atoms with Crippen LogP contribution in [0.15, 0.2) is 18.2 Å². The first kappa shape index (κ1) is 20.9. The maximum Gasteiger partial charge on any atom is 0.242 e. The van der Waals surface area contributed by atoms with Crippen molar-refractivity contribution in [3.05, 3.63) is 40.0 Å². The van der Waals surface area contributed by atoms with E-state index < -0.39 is 0 Å². The number of fused-ring (bicyclic) bond motifs is 1. The van der Waals surface area contributed by atoms with Gasteiger partial charge in [0.05, 0.1) is 23.2 Å². The lowest BCUT2D eigenvalue weighted by Crippen LogP contribution is -2.14. The fourth-order valence-corrected chi connectivity index (χ4v) is 3.87. The van der Waals surface area contributed by atoms with Gasteiger partial charge in [-0.1, -0.05) is 11.6 Å². The van der Waals surface area contributed by atoms with Gasteiger partial charge in [-0.2, -0.15) is 0 Å². The number of anilines is 2. The number of pyridine rings is 1. The van der Waals surface area contributed by atoms with Crippen LogP contribution < -0.4 is 15.0 Å². The molecular weight excluding hydrogens is 390 g/mol. The minimum absolute atomic E-state index is 0.0734. The molecule has 0 saturated carbocycles. The number of carbonyl (C=O) groups excluding carboxylic acids is 1. The lowest BCUT2D eigenvalue weighted by atomic mass is 10.00. The number of carbonyl (C=O) groups is 1. The molecular formula is C21H26ClN5O2. The molecule has 3 rings (SSSR count). The Kier molecular flexibility index (Phi) is 5.98. The van der Waals surface area contributed by atoms with E-state index in [1.54, 1.807) is 17.9 Å². The number of nitrogens with one attached hydrogen (secondary N) is 1. The van der Waals surface area contributed by atoms with Crippen LogP contribution in [0.25, 0.3) is 11.0 Å². The van der Waals surface area contributed by atoms with Gasteiger partial charge in [-0.3, -0.25) is 4.79 Å². The Bertz CT molecular complexity index is 1070. The summed E-state index contributed by atoms with van der Waals surface area (Å²) in [5.41, 5.74) is 5.35. The Morgan fingerprint density at radius 1 is 1.31 bits per heavy atom. The molecule has 0 aliphatic rings. The van der Waals surface area contributed by atoms with Crippen LogP contribution in [-0.2, 0) is 18.3 Å². The molecule has 2 aromatic heterocycles. The second-order valence-corrected chi connectivity index (χ2v) is 7.65. The van der Waals surface area contributed by atoms with E-state index in [1.807, 2.05) is 52.0 Å². The average Bonchev–Trinajstić information content (AvgIpc) is 2.97. The number of aromatic nitrogens is 3. The summed E-state index contributed by atoms with van der Waals surface area (Å²) in [6.07, 6.45) is 0.915. The third-order valence-corrected chi connectivity index (χ3v) is 5.33. The number of halogens is 1. The Labute approximate surface area is 175 Å². The molecule has 154 valence electrons. The molecule has 3 aromatic rings. The predicted octanol–water partition coefficient (Wildman–Crippen LogP) is 3.88. The Hall–Kier alpha value is -2.80. The smallest absolute Gasteiger partial charge is 0.242 e. The van der Waals surface area contributed by atoms with Gasteiger partial charge in [0.15, 0.2) is 5.65 Å². The summed E-state index contributed by atoms with van der Waals surface area (Å²) in [6.45, 7) is 3.98. The number of hydrogen-bond acceptors (Lipinski definition) is 5. The molecule has 1 N–H and O–H groups in total. The van der Waals surface area contributed by atoms with Crippen molar-refractivity contribution in [2.45, 2.75) is 26.7 Å². The zero-order valence-electron chi connectivity index (χ0n) is 17.6. The number of amides is 1. The fourth-order valence-electron chi connectivity index (χ4n) is 3.52. The summed E-state index contributed by atoms with van der Waals surface area (Å²) in [5.74, 6) is 0.476. The Balaban J connectivity index is 1.77. The number of methoxy groups -OCH3 is 1. The van der Waals surface area contributed by atoms with Crippen molar-refractivity contribution in [1.29, 1.82) is 0 Å². The van der Waals surface area contributed by atoms with Crippen molar-refractivity contribution < 1.29 is 9.53 Å². The molecule has 0 spiro atoms. The Morgan fingerprint density at radius 2 is 2.03 bits per heavy atom. The number of hydrogen-bond donors (Lipinski definition) is 1. The Morgan fingerprint density at radius 3 is 2.66 bits per heavy atom. The highest BCUT2D eigenvalue weighted by atomic mass is 35.5. The first-order valence-corrected chi connectivity index (χ1v) is 9.74. The van der Waals surface area contributed by atoms with E-state index >= 15 is 0 Å². The molecule has 0 aliphatic heterocycles. The van der Waals surface area contributed by atoms with Crippen LogP contribution in [0.2, 0.25) is 5.02 Å². The van der Waals surface area contributed by atoms with Gasteiger partial charge in [-0.25, -0.2) is 9.67 Å². The van der Waals surface area contributed by atoms with Crippen LogP contribution in [0.4, 0.5) is 11.4 Å². The van der Waals surface area contributed by atoms with Gasteiger partial charge < -0.3 is 15.0 Å². The molecule has 29 heavy (non-hydrogen) atoms. The van der Waals surface area contributed by atoms with Gasteiger partial charge in [-0.05, 0) is 49.6 Å². The van der Waals surface area contributed by atoms with Crippen LogP contribution >= 0.6 is 11.6 Å². The highest BCUT2D eigenvalue weighted by Crippen LogP contribution is 2.31. The second kappa shape index (κ2) is 8.29. The highest BCUT2D eigenvalue weighted by molar-refractivity contribution is 6.33. The molecule has 0 unspecified atom stereocenters. The molecule has 0 radical (unpaired) electrons. The monoisotopic (exact) mass is 415 g/mol. The van der Waals surface area contributed by atoms with Crippen LogP contribution in [0.1, 0.15) is 23.2 Å². The summed E-state index contributed by atoms with van der Waals surface area (Å²) in [5, 5.41) is 8.77. The highest BCUT2D eigenvalue weighted by Gasteiger charge is 2.18. The van der Waals surface area contributed by atoms with Gasteiger partial charge in [0.1, 0.15) is 0 Å². The SMILES string of the molecule is COc1nn(C)c2nc(C)c(CCC(=O)Nc3ccc(N(C)C)c(Cl)c3)c(C)c12. The number of benzene rings is 1. The van der Waals surface area contributed by atoms with E-state index in [0.717, 1.165) is 33.5 Å². The van der Waals surface area contributed by atoms with E-state index in [4.69, 9.17) is 16.3 Å². The molecule has 2 heterocycles. The minimum Gasteiger partial charge on any atom is -0.479 e. The molecule has 0 aliphatic carbocycles. The van der Waals surface area contributed by atoms with E-state index in [1.165, 1.54) is 0 Å². The average molecular weight is 416 g/mol. The molecule has 0 saturated heterocycles. The van der Waals surface area contributed by atoms with Crippen LogP contribution in [0.3, 0.4) is 0 Å². The van der Waals surface area contributed by atoms with Crippen molar-refractivity contribution in [2.75, 3.05) is 31.4 Å². The fraction of sp³-hybridized carbons (Fsp3) is 0.381. The molecule has 8 heteroatoms. The van der Waals surface area contributed by atoms with Crippen LogP contribution in [0, 0.1) is 13.8 Å². The quantitative estimate of drug-likeness (QED) is 0.661. The molecule has 0 bridgehead atoms. The van der Waals surface area contributed by atoms with Gasteiger partial charge in [0.25, 0.3) is 0 Å².